The molecule has 0 spiro atoms. The van der Waals surface area contributed by atoms with Crippen LogP contribution in [0.2, 0.25) is 5.28 Å². The van der Waals surface area contributed by atoms with Crippen LogP contribution in [-0.4, -0.2) is 60.7 Å². The van der Waals surface area contributed by atoms with E-state index >= 15 is 0 Å². The number of ether oxygens (including phenoxy) is 2. The minimum Gasteiger partial charge on any atom is -0.393 e. The molecule has 160 valence electrons. The van der Waals surface area contributed by atoms with Crippen molar-refractivity contribution in [2.45, 2.75) is 62.6 Å². The van der Waals surface area contributed by atoms with Crippen LogP contribution in [0.5, 0.6) is 0 Å². The third kappa shape index (κ3) is 4.82. The maximum Gasteiger partial charge on any atom is 0.243 e. The number of anilines is 1. The maximum atomic E-state index is 9.22. The minimum absolute atomic E-state index is 0.172. The van der Waals surface area contributed by atoms with Crippen LogP contribution in [0.25, 0.3) is 5.52 Å². The molecule has 2 fully saturated rings. The van der Waals surface area contributed by atoms with Crippen molar-refractivity contribution in [2.24, 2.45) is 0 Å². The van der Waals surface area contributed by atoms with Gasteiger partial charge in [0, 0.05) is 6.04 Å². The van der Waals surface area contributed by atoms with Crippen LogP contribution in [0, 0.1) is 0 Å². The van der Waals surface area contributed by atoms with Crippen LogP contribution in [0.3, 0.4) is 0 Å². The van der Waals surface area contributed by atoms with Crippen molar-refractivity contribution in [1.82, 2.24) is 14.6 Å². The maximum absolute atomic E-state index is 9.22. The van der Waals surface area contributed by atoms with Crippen molar-refractivity contribution >= 4 is 31.3 Å². The molecule has 0 bridgehead atoms. The molecule has 2 aromatic rings. The largest absolute Gasteiger partial charge is 0.393 e. The van der Waals surface area contributed by atoms with E-state index in [1.807, 2.05) is 12.1 Å². The van der Waals surface area contributed by atoms with Crippen molar-refractivity contribution < 1.29 is 24.4 Å². The Kier molecular flexibility index (Phi) is 6.86. The Labute approximate surface area is 174 Å². The number of rotatable bonds is 8. The fourth-order valence-electron chi connectivity index (χ4n) is 4.06. The fraction of sp³-hybridized carbons (Fsp3) is 0.667. The van der Waals surface area contributed by atoms with E-state index in [1.54, 1.807) is 4.52 Å². The van der Waals surface area contributed by atoms with Crippen LogP contribution in [0.1, 0.15) is 50.3 Å². The standard InChI is InChI=1S/C18H26ClN4O5P/c19-18-21-17(20-11-3-1-2-4-11)14-7-6-13(23(14)22-18)15-8-5-12(28-15)10-27-16(9-24)29(25)26/h6-7,11-12,15-16,24-26H,1-5,8-10H2,(H,20,21,22)/t12?,15-,16?/m1/s1. The Balaban J connectivity index is 1.46. The summed E-state index contributed by atoms with van der Waals surface area (Å²) in [4.78, 5) is 22.8. The number of hydrogen-bond acceptors (Lipinski definition) is 8. The van der Waals surface area contributed by atoms with E-state index in [1.165, 1.54) is 12.8 Å². The number of aromatic nitrogens is 3. The monoisotopic (exact) mass is 444 g/mol. The van der Waals surface area contributed by atoms with Crippen molar-refractivity contribution in [3.8, 4) is 0 Å². The summed E-state index contributed by atoms with van der Waals surface area (Å²) in [5.74, 6) is -0.233. The number of aliphatic hydroxyl groups excluding tert-OH is 1. The molecule has 0 aromatic carbocycles. The molecule has 1 aliphatic carbocycles. The number of hydrogen-bond donors (Lipinski definition) is 4. The lowest BCUT2D eigenvalue weighted by atomic mass is 10.1. The summed E-state index contributed by atoms with van der Waals surface area (Å²) >= 11 is 6.19. The van der Waals surface area contributed by atoms with Crippen LogP contribution in [0.15, 0.2) is 12.1 Å². The highest BCUT2D eigenvalue weighted by Gasteiger charge is 2.31. The molecule has 29 heavy (non-hydrogen) atoms. The van der Waals surface area contributed by atoms with Gasteiger partial charge in [0.15, 0.2) is 14.2 Å². The van der Waals surface area contributed by atoms with E-state index in [0.717, 1.165) is 42.7 Å². The quantitative estimate of drug-likeness (QED) is 0.458. The first-order valence-electron chi connectivity index (χ1n) is 9.91. The first-order valence-corrected chi connectivity index (χ1v) is 11.6. The van der Waals surface area contributed by atoms with Crippen molar-refractivity contribution in [1.29, 1.82) is 0 Å². The summed E-state index contributed by atoms with van der Waals surface area (Å²) in [6.07, 6.45) is 5.90. The first-order chi connectivity index (χ1) is 14.0. The summed E-state index contributed by atoms with van der Waals surface area (Å²) < 4.78 is 13.3. The molecule has 9 nitrogen and oxygen atoms in total. The first kappa shape index (κ1) is 21.2. The average Bonchev–Trinajstić information content (AvgIpc) is 3.42. The number of nitrogens with one attached hydrogen (secondary N) is 1. The van der Waals surface area contributed by atoms with Gasteiger partial charge in [-0.15, -0.1) is 5.10 Å². The molecule has 1 aliphatic heterocycles. The third-order valence-electron chi connectivity index (χ3n) is 5.54. The van der Waals surface area contributed by atoms with Gasteiger partial charge in [-0.3, -0.25) is 0 Å². The van der Waals surface area contributed by atoms with Crippen molar-refractivity contribution in [3.63, 3.8) is 0 Å². The second kappa shape index (κ2) is 9.39. The molecule has 3 atom stereocenters. The zero-order valence-electron chi connectivity index (χ0n) is 15.9. The molecule has 2 aromatic heterocycles. The van der Waals surface area contributed by atoms with Crippen molar-refractivity contribution in [2.75, 3.05) is 18.5 Å². The Morgan fingerprint density at radius 1 is 1.28 bits per heavy atom. The van der Waals surface area contributed by atoms with Gasteiger partial charge in [0.05, 0.1) is 25.0 Å². The molecule has 2 unspecified atom stereocenters. The zero-order valence-corrected chi connectivity index (χ0v) is 17.6. The second-order valence-electron chi connectivity index (χ2n) is 7.53. The van der Waals surface area contributed by atoms with E-state index in [0.29, 0.717) is 6.04 Å². The van der Waals surface area contributed by atoms with Crippen LogP contribution >= 0.6 is 20.0 Å². The molecule has 4 rings (SSSR count). The van der Waals surface area contributed by atoms with Gasteiger partial charge in [0.1, 0.15) is 17.5 Å². The molecule has 11 heteroatoms. The van der Waals surface area contributed by atoms with E-state index in [9.17, 15) is 9.79 Å². The fourth-order valence-corrected chi connectivity index (χ4v) is 4.59. The normalized spacial score (nSPS) is 24.0. The molecule has 2 aliphatic rings. The smallest absolute Gasteiger partial charge is 0.243 e. The van der Waals surface area contributed by atoms with Crippen LogP contribution in [0.4, 0.5) is 5.82 Å². The van der Waals surface area contributed by atoms with Crippen molar-refractivity contribution in [3.05, 3.63) is 23.1 Å². The Hall–Kier alpha value is -1.06. The lowest BCUT2D eigenvalue weighted by Crippen LogP contribution is -2.23. The summed E-state index contributed by atoms with van der Waals surface area (Å²) in [5, 5.41) is 17.2. The Bertz CT molecular complexity index is 832. The zero-order chi connectivity index (χ0) is 20.4. The highest BCUT2D eigenvalue weighted by Crippen LogP contribution is 2.36. The summed E-state index contributed by atoms with van der Waals surface area (Å²) in [5.41, 5.74) is 1.76. The minimum atomic E-state index is -2.34. The topological polar surface area (TPSA) is 121 Å². The van der Waals surface area contributed by atoms with E-state index in [2.05, 4.69) is 15.4 Å². The van der Waals surface area contributed by atoms with E-state index < -0.39 is 20.8 Å². The second-order valence-corrected chi connectivity index (χ2v) is 9.08. The molecule has 4 N–H and O–H groups in total. The third-order valence-corrected chi connectivity index (χ3v) is 6.52. The van der Waals surface area contributed by atoms with Gasteiger partial charge in [-0.1, -0.05) is 12.8 Å². The summed E-state index contributed by atoms with van der Waals surface area (Å²) in [7, 11) is -2.34. The molecule has 3 heterocycles. The van der Waals surface area contributed by atoms with Gasteiger partial charge in [0.2, 0.25) is 5.28 Å². The highest BCUT2D eigenvalue weighted by atomic mass is 35.5. The van der Waals surface area contributed by atoms with Gasteiger partial charge in [0.25, 0.3) is 0 Å². The summed E-state index contributed by atoms with van der Waals surface area (Å²) in [6.45, 7) is -0.250. The lowest BCUT2D eigenvalue weighted by Gasteiger charge is -2.19. The molecule has 1 saturated carbocycles. The number of fused-ring (bicyclic) bond motifs is 1. The van der Waals surface area contributed by atoms with Gasteiger partial charge in [-0.2, -0.15) is 4.98 Å². The van der Waals surface area contributed by atoms with Gasteiger partial charge in [-0.25, -0.2) is 4.52 Å². The Morgan fingerprint density at radius 3 is 2.79 bits per heavy atom. The number of aliphatic hydroxyl groups is 1. The predicted octanol–water partition coefficient (Wildman–Crippen LogP) is 2.59. The number of nitrogens with zero attached hydrogens (tertiary/aromatic N) is 3. The van der Waals surface area contributed by atoms with Gasteiger partial charge >= 0.3 is 0 Å². The SMILES string of the molecule is OCC(OCC1CC[C@H](c2ccc3c(NC4CCCC4)nc(Cl)nn23)O1)P(O)O. The molecule has 1 saturated heterocycles. The highest BCUT2D eigenvalue weighted by molar-refractivity contribution is 7.45. The van der Waals surface area contributed by atoms with Gasteiger partial charge < -0.3 is 29.7 Å². The van der Waals surface area contributed by atoms with Crippen LogP contribution in [-0.2, 0) is 9.47 Å². The molecule has 0 amide bonds. The molecule has 0 radical (unpaired) electrons. The van der Waals surface area contributed by atoms with Crippen LogP contribution < -0.4 is 5.32 Å². The van der Waals surface area contributed by atoms with E-state index in [4.69, 9.17) is 26.2 Å². The van der Waals surface area contributed by atoms with E-state index in [-0.39, 0.29) is 24.1 Å². The predicted molar refractivity (Wildman–Crippen MR) is 109 cm³/mol. The average molecular weight is 445 g/mol. The lowest BCUT2D eigenvalue weighted by molar-refractivity contribution is -0.0371. The summed E-state index contributed by atoms with van der Waals surface area (Å²) in [6, 6.07) is 4.36. The number of halogens is 1. The molecular formula is C18H26ClN4O5P. The van der Waals surface area contributed by atoms with Gasteiger partial charge in [-0.05, 0) is 49.4 Å². The molecular weight excluding hydrogens is 419 g/mol. The Morgan fingerprint density at radius 2 is 2.07 bits per heavy atom.